The highest BCUT2D eigenvalue weighted by molar-refractivity contribution is 5.81. The van der Waals surface area contributed by atoms with E-state index in [1.807, 2.05) is 0 Å². The zero-order chi connectivity index (χ0) is 15.1. The van der Waals surface area contributed by atoms with E-state index in [0.29, 0.717) is 11.2 Å². The minimum absolute atomic E-state index is 0.236. The number of aliphatic hydroxyl groups excluding tert-OH is 2. The Bertz CT molecular complexity index is 709. The number of rotatable bonds is 2. The van der Waals surface area contributed by atoms with Crippen molar-refractivity contribution in [3.63, 3.8) is 0 Å². The molecule has 8 nitrogen and oxygen atoms in total. The lowest BCUT2D eigenvalue weighted by atomic mass is 9.99. The number of aliphatic hydroxyl groups is 2. The molecule has 5 atom stereocenters. The fourth-order valence-corrected chi connectivity index (χ4v) is 2.48. The first kappa shape index (κ1) is 13.8. The van der Waals surface area contributed by atoms with Crippen molar-refractivity contribution in [1.29, 1.82) is 0 Å². The fraction of sp³-hybridized carbons (Fsp3) is 0.462. The molecule has 0 bridgehead atoms. The molecule has 4 N–H and O–H groups in total. The van der Waals surface area contributed by atoms with Crippen LogP contribution in [0.2, 0.25) is 0 Å². The van der Waals surface area contributed by atoms with Gasteiger partial charge in [-0.2, -0.15) is 0 Å². The lowest BCUT2D eigenvalue weighted by Gasteiger charge is -2.17. The Labute approximate surface area is 120 Å². The first-order valence-electron chi connectivity index (χ1n) is 6.45. The maximum atomic E-state index is 10.2. The van der Waals surface area contributed by atoms with Crippen molar-refractivity contribution in [3.05, 3.63) is 12.7 Å². The van der Waals surface area contributed by atoms with E-state index in [1.165, 1.54) is 17.2 Å². The van der Waals surface area contributed by atoms with Gasteiger partial charge in [-0.25, -0.2) is 15.0 Å². The van der Waals surface area contributed by atoms with Crippen molar-refractivity contribution in [3.8, 4) is 12.3 Å². The second-order valence-electron chi connectivity index (χ2n) is 5.01. The molecule has 2 aromatic heterocycles. The minimum Gasteiger partial charge on any atom is -0.387 e. The van der Waals surface area contributed by atoms with Crippen molar-refractivity contribution in [2.75, 3.05) is 5.73 Å². The summed E-state index contributed by atoms with van der Waals surface area (Å²) in [6, 6.07) is 0. The summed E-state index contributed by atoms with van der Waals surface area (Å²) in [5, 5.41) is 20.3. The Balaban J connectivity index is 2.00. The van der Waals surface area contributed by atoms with Gasteiger partial charge >= 0.3 is 0 Å². The summed E-state index contributed by atoms with van der Waals surface area (Å²) in [7, 11) is 0. The first-order valence-corrected chi connectivity index (χ1v) is 6.45. The number of nitrogen functional groups attached to an aromatic ring is 1. The molecule has 0 saturated carbocycles. The number of aromatic nitrogens is 4. The SMILES string of the molecule is C#CC(C)[C@H]1O[C@@H](n2cnc3c(N)ncnc32)[C@H](O)[C@H]1O. The predicted octanol–water partition coefficient (Wildman–Crippen LogP) is -0.703. The average Bonchev–Trinajstić information content (AvgIpc) is 3.02. The molecule has 0 aromatic carbocycles. The Hall–Kier alpha value is -2.21. The van der Waals surface area contributed by atoms with E-state index in [9.17, 15) is 10.2 Å². The number of anilines is 1. The van der Waals surface area contributed by atoms with Gasteiger partial charge in [0.15, 0.2) is 17.7 Å². The van der Waals surface area contributed by atoms with Crippen LogP contribution >= 0.6 is 0 Å². The van der Waals surface area contributed by atoms with Gasteiger partial charge < -0.3 is 20.7 Å². The molecular formula is C13H15N5O3. The summed E-state index contributed by atoms with van der Waals surface area (Å²) < 4.78 is 7.23. The molecule has 0 aliphatic carbocycles. The van der Waals surface area contributed by atoms with Gasteiger partial charge in [-0.3, -0.25) is 4.57 Å². The van der Waals surface area contributed by atoms with E-state index >= 15 is 0 Å². The zero-order valence-corrected chi connectivity index (χ0v) is 11.3. The molecule has 0 amide bonds. The molecule has 1 saturated heterocycles. The molecule has 8 heteroatoms. The van der Waals surface area contributed by atoms with Gasteiger partial charge in [0.1, 0.15) is 30.2 Å². The molecule has 110 valence electrons. The van der Waals surface area contributed by atoms with E-state index in [-0.39, 0.29) is 11.7 Å². The Morgan fingerprint density at radius 1 is 1.38 bits per heavy atom. The van der Waals surface area contributed by atoms with E-state index < -0.39 is 24.5 Å². The summed E-state index contributed by atoms with van der Waals surface area (Å²) in [4.78, 5) is 12.1. The van der Waals surface area contributed by atoms with Crippen LogP contribution in [0.25, 0.3) is 11.2 Å². The van der Waals surface area contributed by atoms with Crippen LogP contribution in [0.4, 0.5) is 5.82 Å². The Morgan fingerprint density at radius 2 is 2.14 bits per heavy atom. The third-order valence-electron chi connectivity index (χ3n) is 3.69. The summed E-state index contributed by atoms with van der Waals surface area (Å²) >= 11 is 0. The molecule has 21 heavy (non-hydrogen) atoms. The monoisotopic (exact) mass is 289 g/mol. The van der Waals surface area contributed by atoms with E-state index in [2.05, 4.69) is 20.9 Å². The van der Waals surface area contributed by atoms with Gasteiger partial charge in [0.05, 0.1) is 6.33 Å². The standard InChI is InChI=1S/C13H15N5O3/c1-3-6(2)10-8(19)9(20)13(21-10)18-5-17-7-11(14)15-4-16-12(7)18/h1,4-6,8-10,13,19-20H,2H3,(H2,14,15,16)/t6?,8-,9-,10-,13-/m1/s1. The topological polar surface area (TPSA) is 119 Å². The second kappa shape index (κ2) is 4.96. The number of hydrogen-bond donors (Lipinski definition) is 3. The predicted molar refractivity (Wildman–Crippen MR) is 73.7 cm³/mol. The van der Waals surface area contributed by atoms with Gasteiger partial charge in [-0.1, -0.05) is 0 Å². The maximum absolute atomic E-state index is 10.2. The van der Waals surface area contributed by atoms with Crippen LogP contribution < -0.4 is 5.73 Å². The average molecular weight is 289 g/mol. The third-order valence-corrected chi connectivity index (χ3v) is 3.69. The van der Waals surface area contributed by atoms with Crippen LogP contribution in [0.15, 0.2) is 12.7 Å². The first-order chi connectivity index (χ1) is 10.0. The number of imidazole rings is 1. The molecule has 1 fully saturated rings. The molecule has 1 aliphatic heterocycles. The lowest BCUT2D eigenvalue weighted by molar-refractivity contribution is -0.0441. The summed E-state index contributed by atoms with van der Waals surface area (Å²) in [6.07, 6.45) is 4.38. The van der Waals surface area contributed by atoms with Gasteiger partial charge in [-0.15, -0.1) is 12.3 Å². The fourth-order valence-electron chi connectivity index (χ4n) is 2.48. The smallest absolute Gasteiger partial charge is 0.167 e. The van der Waals surface area contributed by atoms with E-state index in [1.54, 1.807) is 6.92 Å². The van der Waals surface area contributed by atoms with Crippen molar-refractivity contribution in [2.45, 2.75) is 31.5 Å². The lowest BCUT2D eigenvalue weighted by Crippen LogP contribution is -2.34. The van der Waals surface area contributed by atoms with E-state index in [4.69, 9.17) is 16.9 Å². The van der Waals surface area contributed by atoms with Crippen LogP contribution in [0.1, 0.15) is 13.2 Å². The molecule has 3 heterocycles. The highest BCUT2D eigenvalue weighted by Gasteiger charge is 2.46. The number of nitrogens with two attached hydrogens (primary N) is 1. The van der Waals surface area contributed by atoms with Crippen LogP contribution in [0.5, 0.6) is 0 Å². The molecule has 1 aliphatic rings. The highest BCUT2D eigenvalue weighted by Crippen LogP contribution is 2.34. The van der Waals surface area contributed by atoms with Crippen LogP contribution in [-0.4, -0.2) is 48.0 Å². The summed E-state index contributed by atoms with van der Waals surface area (Å²) in [5.74, 6) is 2.40. The zero-order valence-electron chi connectivity index (χ0n) is 11.3. The van der Waals surface area contributed by atoms with Gasteiger partial charge in [0, 0.05) is 5.92 Å². The van der Waals surface area contributed by atoms with Crippen molar-refractivity contribution in [1.82, 2.24) is 19.5 Å². The number of ether oxygens (including phenoxy) is 1. The molecule has 3 rings (SSSR count). The van der Waals surface area contributed by atoms with Crippen molar-refractivity contribution < 1.29 is 14.9 Å². The minimum atomic E-state index is -1.14. The van der Waals surface area contributed by atoms with Crippen molar-refractivity contribution in [2.24, 2.45) is 5.92 Å². The molecular weight excluding hydrogens is 274 g/mol. The number of nitrogens with zero attached hydrogens (tertiary/aromatic N) is 4. The quantitative estimate of drug-likeness (QED) is 0.625. The summed E-state index contributed by atoms with van der Waals surface area (Å²) in [5.41, 5.74) is 6.56. The number of hydrogen-bond acceptors (Lipinski definition) is 7. The van der Waals surface area contributed by atoms with Gasteiger partial charge in [0.25, 0.3) is 0 Å². The number of terminal acetylenes is 1. The van der Waals surface area contributed by atoms with Crippen LogP contribution in [-0.2, 0) is 4.74 Å². The Morgan fingerprint density at radius 3 is 2.86 bits per heavy atom. The normalized spacial score (nSPS) is 30.4. The van der Waals surface area contributed by atoms with Gasteiger partial charge in [-0.05, 0) is 6.92 Å². The maximum Gasteiger partial charge on any atom is 0.167 e. The van der Waals surface area contributed by atoms with Crippen LogP contribution in [0.3, 0.4) is 0 Å². The third kappa shape index (κ3) is 2.03. The number of fused-ring (bicyclic) bond motifs is 1. The van der Waals surface area contributed by atoms with Crippen LogP contribution in [0, 0.1) is 18.3 Å². The van der Waals surface area contributed by atoms with Crippen molar-refractivity contribution >= 4 is 17.0 Å². The molecule has 0 radical (unpaired) electrons. The summed E-state index contributed by atoms with van der Waals surface area (Å²) in [6.45, 7) is 1.75. The van der Waals surface area contributed by atoms with Gasteiger partial charge in [0.2, 0.25) is 0 Å². The molecule has 2 aromatic rings. The van der Waals surface area contributed by atoms with E-state index in [0.717, 1.165) is 0 Å². The molecule has 1 unspecified atom stereocenters. The molecule has 0 spiro atoms. The second-order valence-corrected chi connectivity index (χ2v) is 5.01. The Kier molecular flexibility index (Phi) is 3.25. The largest absolute Gasteiger partial charge is 0.387 e. The highest BCUT2D eigenvalue weighted by atomic mass is 16.6.